The quantitative estimate of drug-likeness (QED) is 0.638. The summed E-state index contributed by atoms with van der Waals surface area (Å²) in [5.41, 5.74) is 5.67. The van der Waals surface area contributed by atoms with Crippen molar-refractivity contribution in [3.8, 4) is 0 Å². The van der Waals surface area contributed by atoms with Crippen LogP contribution < -0.4 is 5.73 Å². The maximum Gasteiger partial charge on any atom is 0.0589 e. The van der Waals surface area contributed by atoms with E-state index in [0.29, 0.717) is 12.0 Å². The van der Waals surface area contributed by atoms with Crippen molar-refractivity contribution < 1.29 is 4.74 Å². The van der Waals surface area contributed by atoms with E-state index in [4.69, 9.17) is 10.5 Å². The number of nitrogens with two attached hydrogens (primary N) is 1. The van der Waals surface area contributed by atoms with Crippen molar-refractivity contribution in [3.63, 3.8) is 0 Å². The van der Waals surface area contributed by atoms with Gasteiger partial charge in [-0.05, 0) is 25.3 Å². The fourth-order valence-corrected chi connectivity index (χ4v) is 1.91. The third-order valence-corrected chi connectivity index (χ3v) is 2.99. The highest BCUT2D eigenvalue weighted by Crippen LogP contribution is 2.10. The largest absolute Gasteiger partial charge is 0.383 e. The standard InChI is InChI=1S/C12H28N2O/c1-5-12(6-2)14(7-8-15-4)10-11(3)9-13/h11-12H,5-10,13H2,1-4H3. The second kappa shape index (κ2) is 9.13. The maximum atomic E-state index is 5.67. The van der Waals surface area contributed by atoms with Crippen LogP contribution in [0.5, 0.6) is 0 Å². The van der Waals surface area contributed by atoms with Crippen molar-refractivity contribution >= 4 is 0 Å². The zero-order valence-corrected chi connectivity index (χ0v) is 10.8. The van der Waals surface area contributed by atoms with Crippen molar-refractivity contribution in [2.45, 2.75) is 39.7 Å². The van der Waals surface area contributed by atoms with Crippen molar-refractivity contribution in [3.05, 3.63) is 0 Å². The van der Waals surface area contributed by atoms with Crippen molar-refractivity contribution in [1.29, 1.82) is 0 Å². The molecule has 0 radical (unpaired) electrons. The second-order valence-corrected chi connectivity index (χ2v) is 4.30. The Labute approximate surface area is 95.0 Å². The summed E-state index contributed by atoms with van der Waals surface area (Å²) in [4.78, 5) is 2.51. The third kappa shape index (κ3) is 6.13. The molecule has 1 atom stereocenters. The lowest BCUT2D eigenvalue weighted by molar-refractivity contribution is 0.104. The van der Waals surface area contributed by atoms with Crippen LogP contribution >= 0.6 is 0 Å². The monoisotopic (exact) mass is 216 g/mol. The van der Waals surface area contributed by atoms with Gasteiger partial charge in [0.1, 0.15) is 0 Å². The average molecular weight is 216 g/mol. The lowest BCUT2D eigenvalue weighted by atomic mass is 10.1. The maximum absolute atomic E-state index is 5.67. The lowest BCUT2D eigenvalue weighted by Crippen LogP contribution is -2.41. The molecule has 3 heteroatoms. The molecule has 0 rings (SSSR count). The molecule has 0 aliphatic carbocycles. The number of hydrogen-bond acceptors (Lipinski definition) is 3. The molecular weight excluding hydrogens is 188 g/mol. The molecule has 92 valence electrons. The fraction of sp³-hybridized carbons (Fsp3) is 1.00. The van der Waals surface area contributed by atoms with Gasteiger partial charge in [-0.15, -0.1) is 0 Å². The third-order valence-electron chi connectivity index (χ3n) is 2.99. The highest BCUT2D eigenvalue weighted by molar-refractivity contribution is 4.71. The van der Waals surface area contributed by atoms with Crippen LogP contribution in [-0.4, -0.2) is 44.3 Å². The average Bonchev–Trinajstić information content (AvgIpc) is 2.26. The summed E-state index contributed by atoms with van der Waals surface area (Å²) in [6, 6.07) is 0.675. The summed E-state index contributed by atoms with van der Waals surface area (Å²) in [6.07, 6.45) is 2.41. The highest BCUT2D eigenvalue weighted by atomic mass is 16.5. The van der Waals surface area contributed by atoms with Gasteiger partial charge < -0.3 is 10.5 Å². The first kappa shape index (κ1) is 14.9. The zero-order valence-electron chi connectivity index (χ0n) is 10.8. The zero-order chi connectivity index (χ0) is 11.7. The Kier molecular flexibility index (Phi) is 9.06. The van der Waals surface area contributed by atoms with E-state index >= 15 is 0 Å². The topological polar surface area (TPSA) is 38.5 Å². The first-order valence-corrected chi connectivity index (χ1v) is 6.12. The molecule has 0 aromatic rings. The molecule has 0 saturated heterocycles. The van der Waals surface area contributed by atoms with Crippen molar-refractivity contribution in [2.75, 3.05) is 33.4 Å². The molecule has 0 saturated carbocycles. The number of rotatable bonds is 9. The van der Waals surface area contributed by atoms with E-state index in [-0.39, 0.29) is 0 Å². The van der Waals surface area contributed by atoms with Gasteiger partial charge in [0.2, 0.25) is 0 Å². The summed E-state index contributed by atoms with van der Waals surface area (Å²) in [7, 11) is 1.76. The molecule has 3 nitrogen and oxygen atoms in total. The van der Waals surface area contributed by atoms with Crippen LogP contribution in [-0.2, 0) is 4.74 Å². The molecule has 2 N–H and O–H groups in total. The normalized spacial score (nSPS) is 13.8. The van der Waals surface area contributed by atoms with E-state index < -0.39 is 0 Å². The van der Waals surface area contributed by atoms with E-state index in [1.165, 1.54) is 12.8 Å². The van der Waals surface area contributed by atoms with Crippen LogP contribution in [0.1, 0.15) is 33.6 Å². The minimum atomic E-state index is 0.572. The van der Waals surface area contributed by atoms with Crippen molar-refractivity contribution in [2.24, 2.45) is 11.7 Å². The molecule has 0 amide bonds. The Morgan fingerprint density at radius 1 is 1.27 bits per heavy atom. The molecule has 0 spiro atoms. The van der Waals surface area contributed by atoms with E-state index in [1.807, 2.05) is 0 Å². The Morgan fingerprint density at radius 3 is 2.27 bits per heavy atom. The molecule has 0 heterocycles. The summed E-state index contributed by atoms with van der Waals surface area (Å²) in [6.45, 7) is 10.4. The van der Waals surface area contributed by atoms with Crippen LogP contribution in [0.2, 0.25) is 0 Å². The van der Waals surface area contributed by atoms with Gasteiger partial charge in [-0.2, -0.15) is 0 Å². The summed E-state index contributed by atoms with van der Waals surface area (Å²) in [5.74, 6) is 0.572. The van der Waals surface area contributed by atoms with Gasteiger partial charge in [-0.1, -0.05) is 20.8 Å². The minimum absolute atomic E-state index is 0.572. The van der Waals surface area contributed by atoms with Crippen LogP contribution in [0.4, 0.5) is 0 Å². The predicted octanol–water partition coefficient (Wildman–Crippen LogP) is 1.72. The Hall–Kier alpha value is -0.120. The van der Waals surface area contributed by atoms with Crippen LogP contribution in [0.3, 0.4) is 0 Å². The first-order valence-electron chi connectivity index (χ1n) is 6.12. The number of hydrogen-bond donors (Lipinski definition) is 1. The van der Waals surface area contributed by atoms with E-state index in [0.717, 1.165) is 26.2 Å². The van der Waals surface area contributed by atoms with Gasteiger partial charge in [0.25, 0.3) is 0 Å². The molecule has 1 unspecified atom stereocenters. The Balaban J connectivity index is 4.14. The second-order valence-electron chi connectivity index (χ2n) is 4.30. The molecule has 0 bridgehead atoms. The molecule has 0 aliphatic rings. The van der Waals surface area contributed by atoms with Crippen molar-refractivity contribution in [1.82, 2.24) is 4.90 Å². The SMILES string of the molecule is CCC(CC)N(CCOC)CC(C)CN. The molecule has 0 aliphatic heterocycles. The lowest BCUT2D eigenvalue weighted by Gasteiger charge is -2.32. The Morgan fingerprint density at radius 2 is 1.87 bits per heavy atom. The number of methoxy groups -OCH3 is 1. The molecule has 15 heavy (non-hydrogen) atoms. The highest BCUT2D eigenvalue weighted by Gasteiger charge is 2.16. The Bertz CT molecular complexity index is 138. The summed E-state index contributed by atoms with van der Waals surface area (Å²) >= 11 is 0. The van der Waals surface area contributed by atoms with E-state index in [2.05, 4.69) is 25.7 Å². The molecule has 0 fully saturated rings. The minimum Gasteiger partial charge on any atom is -0.383 e. The number of ether oxygens (including phenoxy) is 1. The number of nitrogens with zero attached hydrogens (tertiary/aromatic N) is 1. The van der Waals surface area contributed by atoms with Crippen LogP contribution in [0, 0.1) is 5.92 Å². The van der Waals surface area contributed by atoms with Crippen LogP contribution in [0.15, 0.2) is 0 Å². The predicted molar refractivity (Wildman–Crippen MR) is 66.0 cm³/mol. The van der Waals surface area contributed by atoms with Gasteiger partial charge in [0, 0.05) is 26.2 Å². The van der Waals surface area contributed by atoms with E-state index in [1.54, 1.807) is 7.11 Å². The molecular formula is C12H28N2O. The first-order chi connectivity index (χ1) is 7.19. The molecule has 0 aromatic carbocycles. The van der Waals surface area contributed by atoms with Gasteiger partial charge in [0.15, 0.2) is 0 Å². The van der Waals surface area contributed by atoms with Gasteiger partial charge in [-0.3, -0.25) is 4.90 Å². The summed E-state index contributed by atoms with van der Waals surface area (Å²) < 4.78 is 5.15. The van der Waals surface area contributed by atoms with Gasteiger partial charge in [0.05, 0.1) is 6.61 Å². The van der Waals surface area contributed by atoms with Crippen LogP contribution in [0.25, 0.3) is 0 Å². The van der Waals surface area contributed by atoms with Gasteiger partial charge in [-0.25, -0.2) is 0 Å². The fourth-order valence-electron chi connectivity index (χ4n) is 1.91. The summed E-state index contributed by atoms with van der Waals surface area (Å²) in [5, 5.41) is 0. The van der Waals surface area contributed by atoms with E-state index in [9.17, 15) is 0 Å². The van der Waals surface area contributed by atoms with Gasteiger partial charge >= 0.3 is 0 Å². The smallest absolute Gasteiger partial charge is 0.0589 e. The molecule has 0 aromatic heterocycles.